The number of ether oxygens (including phenoxy) is 1. The average molecular weight is 342 g/mol. The number of amides is 1. The molecule has 0 fully saturated rings. The predicted octanol–water partition coefficient (Wildman–Crippen LogP) is 3.68. The molecular weight excluding hydrogens is 328 g/mol. The van der Waals surface area contributed by atoms with Gasteiger partial charge in [-0.15, -0.1) is 5.06 Å². The van der Waals surface area contributed by atoms with Gasteiger partial charge in [-0.25, -0.2) is 9.79 Å². The van der Waals surface area contributed by atoms with Crippen LogP contribution in [-0.4, -0.2) is 34.3 Å². The van der Waals surface area contributed by atoms with Gasteiger partial charge in [-0.3, -0.25) is 4.84 Å². The fraction of sp³-hybridized carbons (Fsp3) is 0.176. The van der Waals surface area contributed by atoms with E-state index in [0.717, 1.165) is 27.7 Å². The smallest absolute Gasteiger partial charge is 0.438 e. The van der Waals surface area contributed by atoms with Gasteiger partial charge in [0.05, 0.1) is 7.11 Å². The number of aliphatic imine (C=N–C) groups is 1. The van der Waals surface area contributed by atoms with Crippen LogP contribution in [0.4, 0.5) is 4.79 Å². The Balaban J connectivity index is 1.92. The van der Waals surface area contributed by atoms with Crippen LogP contribution in [0.5, 0.6) is 11.5 Å². The molecule has 6 nitrogen and oxygen atoms in total. The minimum atomic E-state index is -1.20. The molecule has 0 saturated heterocycles. The zero-order chi connectivity index (χ0) is 16.7. The molecule has 1 amide bonds. The zero-order valence-electron chi connectivity index (χ0n) is 12.8. The van der Waals surface area contributed by atoms with Crippen molar-refractivity contribution < 1.29 is 19.5 Å². The molecule has 0 bridgehead atoms. The summed E-state index contributed by atoms with van der Waals surface area (Å²) in [5, 5.41) is 10.4. The highest BCUT2D eigenvalue weighted by Gasteiger charge is 2.47. The molecule has 0 aliphatic carbocycles. The number of nitrogens with zero attached hydrogens (tertiary/aromatic N) is 2. The molecule has 1 N–H and O–H groups in total. The number of carboxylic acid groups (broad SMARTS) is 1. The summed E-state index contributed by atoms with van der Waals surface area (Å²) in [6, 6.07) is 15.4. The van der Waals surface area contributed by atoms with Crippen molar-refractivity contribution in [3.8, 4) is 11.5 Å². The number of amidine groups is 1. The second-order valence-electron chi connectivity index (χ2n) is 5.40. The molecule has 2 aromatic carbocycles. The minimum absolute atomic E-state index is 0.316. The number of rotatable bonds is 1. The van der Waals surface area contributed by atoms with Gasteiger partial charge in [-0.1, -0.05) is 48.2 Å². The quantitative estimate of drug-likeness (QED) is 0.801. The van der Waals surface area contributed by atoms with E-state index >= 15 is 0 Å². The number of carbonyl (C=O) groups is 1. The SMILES string of the molecule is CON(C(=O)O)C1=NC2(CS1)c1ccccc1Oc1ccccc12. The number of benzene rings is 2. The summed E-state index contributed by atoms with van der Waals surface area (Å²) in [5.41, 5.74) is 1.16. The Kier molecular flexibility index (Phi) is 3.47. The molecule has 7 heteroatoms. The lowest BCUT2D eigenvalue weighted by Gasteiger charge is -2.34. The van der Waals surface area contributed by atoms with Crippen molar-refractivity contribution in [1.82, 2.24) is 5.06 Å². The fourth-order valence-corrected chi connectivity index (χ4v) is 4.28. The molecule has 2 aliphatic heterocycles. The third kappa shape index (κ3) is 2.09. The topological polar surface area (TPSA) is 71.4 Å². The van der Waals surface area contributed by atoms with E-state index in [4.69, 9.17) is 14.6 Å². The van der Waals surface area contributed by atoms with Gasteiger partial charge >= 0.3 is 6.09 Å². The molecule has 0 aromatic heterocycles. The third-order valence-electron chi connectivity index (χ3n) is 4.11. The summed E-state index contributed by atoms with van der Waals surface area (Å²) in [5.74, 6) is 2.05. The molecule has 0 saturated carbocycles. The summed E-state index contributed by atoms with van der Waals surface area (Å²) in [6.07, 6.45) is -1.20. The molecule has 0 atom stereocenters. The standard InChI is InChI=1S/C17H14N2O4S/c1-22-19(16(20)21)15-18-17(10-24-15)11-6-2-4-8-13(11)23-14-9-5-3-7-12(14)17/h2-9H,10H2,1H3,(H,20,21). The van der Waals surface area contributed by atoms with Crippen molar-refractivity contribution in [1.29, 1.82) is 0 Å². The summed E-state index contributed by atoms with van der Waals surface area (Å²) < 4.78 is 5.99. The Morgan fingerprint density at radius 2 is 1.79 bits per heavy atom. The maximum absolute atomic E-state index is 11.4. The van der Waals surface area contributed by atoms with Crippen LogP contribution < -0.4 is 4.74 Å². The summed E-state index contributed by atoms with van der Waals surface area (Å²) in [7, 11) is 1.31. The van der Waals surface area contributed by atoms with E-state index in [1.54, 1.807) is 0 Å². The van der Waals surface area contributed by atoms with Crippen LogP contribution in [0.15, 0.2) is 53.5 Å². The molecule has 0 unspecified atom stereocenters. The molecule has 1 spiro atoms. The molecule has 2 heterocycles. The first-order valence-corrected chi connectivity index (χ1v) is 8.31. The monoisotopic (exact) mass is 342 g/mol. The van der Waals surface area contributed by atoms with Gasteiger partial charge in [0.2, 0.25) is 0 Å². The first-order chi connectivity index (χ1) is 11.7. The van der Waals surface area contributed by atoms with E-state index in [1.807, 2.05) is 48.5 Å². The summed E-state index contributed by atoms with van der Waals surface area (Å²) in [6.45, 7) is 0. The van der Waals surface area contributed by atoms with Crippen molar-refractivity contribution >= 4 is 23.0 Å². The van der Waals surface area contributed by atoms with Gasteiger partial charge in [-0.05, 0) is 12.1 Å². The number of hydrogen-bond donors (Lipinski definition) is 1. The number of para-hydroxylation sites is 2. The van der Waals surface area contributed by atoms with Crippen LogP contribution >= 0.6 is 11.8 Å². The van der Waals surface area contributed by atoms with Gasteiger partial charge in [0, 0.05) is 16.9 Å². The largest absolute Gasteiger partial charge is 0.463 e. The van der Waals surface area contributed by atoms with E-state index in [1.165, 1.54) is 18.9 Å². The Bertz CT molecular complexity index is 806. The van der Waals surface area contributed by atoms with Gasteiger partial charge in [0.1, 0.15) is 17.0 Å². The summed E-state index contributed by atoms with van der Waals surface area (Å²) >= 11 is 1.35. The zero-order valence-corrected chi connectivity index (χ0v) is 13.6. The van der Waals surface area contributed by atoms with Crippen LogP contribution in [0.2, 0.25) is 0 Å². The minimum Gasteiger partial charge on any atom is -0.463 e. The number of thioether (sulfide) groups is 1. The van der Waals surface area contributed by atoms with Gasteiger partial charge in [0.25, 0.3) is 0 Å². The lowest BCUT2D eigenvalue weighted by molar-refractivity contribution is -0.0411. The Labute approximate surface area is 142 Å². The fourth-order valence-electron chi connectivity index (χ4n) is 3.07. The first-order valence-electron chi connectivity index (χ1n) is 7.32. The van der Waals surface area contributed by atoms with E-state index in [0.29, 0.717) is 10.9 Å². The maximum atomic E-state index is 11.4. The van der Waals surface area contributed by atoms with E-state index in [-0.39, 0.29) is 0 Å². The molecule has 2 aliphatic rings. The van der Waals surface area contributed by atoms with Crippen molar-refractivity contribution in [2.75, 3.05) is 12.9 Å². The second-order valence-corrected chi connectivity index (χ2v) is 6.34. The number of hydrogen-bond acceptors (Lipinski definition) is 5. The van der Waals surface area contributed by atoms with Crippen LogP contribution in [-0.2, 0) is 10.4 Å². The van der Waals surface area contributed by atoms with Crippen LogP contribution in [0.1, 0.15) is 11.1 Å². The Morgan fingerprint density at radius 3 is 2.33 bits per heavy atom. The maximum Gasteiger partial charge on any atom is 0.438 e. The van der Waals surface area contributed by atoms with Gasteiger partial charge < -0.3 is 9.84 Å². The Morgan fingerprint density at radius 1 is 1.21 bits per heavy atom. The molecule has 2 aromatic rings. The molecule has 122 valence electrons. The predicted molar refractivity (Wildman–Crippen MR) is 90.5 cm³/mol. The van der Waals surface area contributed by atoms with E-state index < -0.39 is 11.6 Å². The Hall–Kier alpha value is -2.51. The highest BCUT2D eigenvalue weighted by Crippen LogP contribution is 2.53. The van der Waals surface area contributed by atoms with Crippen molar-refractivity contribution in [3.63, 3.8) is 0 Å². The second kappa shape index (κ2) is 5.54. The lowest BCUT2D eigenvalue weighted by Crippen LogP contribution is -2.33. The van der Waals surface area contributed by atoms with E-state index in [2.05, 4.69) is 0 Å². The average Bonchev–Trinajstić information content (AvgIpc) is 3.01. The summed E-state index contributed by atoms with van der Waals surface area (Å²) in [4.78, 5) is 21.1. The van der Waals surface area contributed by atoms with Crippen molar-refractivity contribution in [2.24, 2.45) is 4.99 Å². The third-order valence-corrected chi connectivity index (χ3v) is 5.19. The van der Waals surface area contributed by atoms with Crippen molar-refractivity contribution in [3.05, 3.63) is 59.7 Å². The number of fused-ring (bicyclic) bond motifs is 4. The van der Waals surface area contributed by atoms with Crippen LogP contribution in [0.3, 0.4) is 0 Å². The first kappa shape index (κ1) is 15.0. The van der Waals surface area contributed by atoms with Crippen LogP contribution in [0.25, 0.3) is 0 Å². The van der Waals surface area contributed by atoms with Crippen LogP contribution in [0, 0.1) is 0 Å². The highest BCUT2D eigenvalue weighted by molar-refractivity contribution is 8.14. The van der Waals surface area contributed by atoms with E-state index in [9.17, 15) is 9.90 Å². The lowest BCUT2D eigenvalue weighted by atomic mass is 9.82. The molecule has 4 rings (SSSR count). The highest BCUT2D eigenvalue weighted by atomic mass is 32.2. The van der Waals surface area contributed by atoms with Gasteiger partial charge in [-0.2, -0.15) is 0 Å². The molecule has 0 radical (unpaired) electrons. The van der Waals surface area contributed by atoms with Crippen molar-refractivity contribution in [2.45, 2.75) is 5.54 Å². The van der Waals surface area contributed by atoms with Gasteiger partial charge in [0.15, 0.2) is 5.17 Å². The normalized spacial score (nSPS) is 16.8. The number of hydroxylamine groups is 2. The molecule has 24 heavy (non-hydrogen) atoms. The molecular formula is C17H14N2O4S.